The lowest BCUT2D eigenvalue weighted by Crippen LogP contribution is -2.30. The van der Waals surface area contributed by atoms with Crippen molar-refractivity contribution in [2.75, 3.05) is 13.1 Å². The van der Waals surface area contributed by atoms with Crippen LogP contribution in [0.15, 0.2) is 6.07 Å². The molecule has 1 aliphatic heterocycles. The quantitative estimate of drug-likeness (QED) is 0.692. The second-order valence-corrected chi connectivity index (χ2v) is 4.47. The van der Waals surface area contributed by atoms with E-state index in [1.54, 1.807) is 0 Å². The van der Waals surface area contributed by atoms with Crippen LogP contribution in [0.3, 0.4) is 0 Å². The van der Waals surface area contributed by atoms with Gasteiger partial charge in [0.1, 0.15) is 10.8 Å². The molecule has 1 aliphatic rings. The van der Waals surface area contributed by atoms with Gasteiger partial charge in [-0.05, 0) is 6.07 Å². The van der Waals surface area contributed by atoms with E-state index in [0.717, 1.165) is 0 Å². The van der Waals surface area contributed by atoms with Gasteiger partial charge in [0.15, 0.2) is 0 Å². The fraction of sp³-hybridized carbons (Fsp3) is 0.444. The number of carbonyl (C=O) groups excluding carboxylic acids is 1. The number of amides is 1. The van der Waals surface area contributed by atoms with Gasteiger partial charge < -0.3 is 20.1 Å². The van der Waals surface area contributed by atoms with Gasteiger partial charge in [0.05, 0.1) is 17.2 Å². The van der Waals surface area contributed by atoms with E-state index < -0.39 is 12.2 Å². The van der Waals surface area contributed by atoms with Gasteiger partial charge in [0.25, 0.3) is 5.91 Å². The Morgan fingerprint density at radius 1 is 1.38 bits per heavy atom. The first-order valence-electron chi connectivity index (χ1n) is 4.68. The Morgan fingerprint density at radius 2 is 1.94 bits per heavy atom. The predicted molar refractivity (Wildman–Crippen MR) is 58.7 cm³/mol. The Hall–Kier alpha value is -0.750. The van der Waals surface area contributed by atoms with Crippen LogP contribution in [0.2, 0.25) is 10.2 Å². The minimum atomic E-state index is -0.898. The highest BCUT2D eigenvalue weighted by molar-refractivity contribution is 6.41. The number of nitrogens with one attached hydrogen (secondary N) is 1. The van der Waals surface area contributed by atoms with Crippen molar-refractivity contribution < 1.29 is 15.0 Å². The highest BCUT2D eigenvalue weighted by Crippen LogP contribution is 2.23. The standard InChI is InChI=1S/C9H10Cl2N2O3/c10-4-1-5(12-8(4)11)9(16)13-2-6(14)7(15)3-13/h1,6-7,12,14-15H,2-3H2/t6-,7+. The summed E-state index contributed by atoms with van der Waals surface area (Å²) < 4.78 is 0. The number of halogens is 2. The zero-order valence-corrected chi connectivity index (χ0v) is 9.66. The number of aromatic amines is 1. The van der Waals surface area contributed by atoms with Crippen LogP contribution in [0.4, 0.5) is 0 Å². The number of aliphatic hydroxyl groups excluding tert-OH is 2. The number of hydrogen-bond acceptors (Lipinski definition) is 3. The first-order valence-corrected chi connectivity index (χ1v) is 5.44. The molecule has 7 heteroatoms. The molecule has 0 saturated carbocycles. The van der Waals surface area contributed by atoms with E-state index in [2.05, 4.69) is 4.98 Å². The summed E-state index contributed by atoms with van der Waals surface area (Å²) in [5.74, 6) is -0.343. The Bertz CT molecular complexity index is 391. The zero-order valence-electron chi connectivity index (χ0n) is 8.15. The molecular formula is C9H10Cl2N2O3. The zero-order chi connectivity index (χ0) is 11.9. The van der Waals surface area contributed by atoms with Crippen LogP contribution in [0, 0.1) is 0 Å². The van der Waals surface area contributed by atoms with Crippen molar-refractivity contribution in [2.24, 2.45) is 0 Å². The molecule has 2 rings (SSSR count). The molecule has 2 heterocycles. The maximum Gasteiger partial charge on any atom is 0.270 e. The normalized spacial score (nSPS) is 25.1. The number of hydrogen-bond donors (Lipinski definition) is 3. The minimum absolute atomic E-state index is 0.105. The summed E-state index contributed by atoms with van der Waals surface area (Å²) >= 11 is 11.4. The number of likely N-dealkylation sites (tertiary alicyclic amines) is 1. The van der Waals surface area contributed by atoms with Crippen molar-refractivity contribution in [1.29, 1.82) is 0 Å². The lowest BCUT2D eigenvalue weighted by molar-refractivity contribution is 0.0572. The van der Waals surface area contributed by atoms with Crippen molar-refractivity contribution in [2.45, 2.75) is 12.2 Å². The first-order chi connectivity index (χ1) is 7.49. The van der Waals surface area contributed by atoms with Gasteiger partial charge in [0.2, 0.25) is 0 Å². The number of carbonyl (C=O) groups is 1. The van der Waals surface area contributed by atoms with E-state index in [1.165, 1.54) is 11.0 Å². The molecule has 0 unspecified atom stereocenters. The third kappa shape index (κ3) is 2.04. The maximum atomic E-state index is 11.9. The van der Waals surface area contributed by atoms with E-state index in [-0.39, 0.29) is 34.9 Å². The number of aromatic nitrogens is 1. The Morgan fingerprint density at radius 3 is 2.38 bits per heavy atom. The molecule has 16 heavy (non-hydrogen) atoms. The summed E-state index contributed by atoms with van der Waals surface area (Å²) in [5.41, 5.74) is 0.247. The Kier molecular flexibility index (Phi) is 3.12. The summed E-state index contributed by atoms with van der Waals surface area (Å²) in [6, 6.07) is 1.42. The molecular weight excluding hydrogens is 255 g/mol. The smallest absolute Gasteiger partial charge is 0.270 e. The Labute approximate surface area is 102 Å². The highest BCUT2D eigenvalue weighted by atomic mass is 35.5. The van der Waals surface area contributed by atoms with Gasteiger partial charge in [0, 0.05) is 13.1 Å². The largest absolute Gasteiger partial charge is 0.388 e. The second kappa shape index (κ2) is 4.25. The summed E-state index contributed by atoms with van der Waals surface area (Å²) in [6.07, 6.45) is -1.80. The van der Waals surface area contributed by atoms with Gasteiger partial charge >= 0.3 is 0 Å². The van der Waals surface area contributed by atoms with Crippen molar-refractivity contribution in [3.8, 4) is 0 Å². The molecule has 1 aromatic heterocycles. The second-order valence-electron chi connectivity index (χ2n) is 3.69. The lowest BCUT2D eigenvalue weighted by Gasteiger charge is -2.13. The molecule has 0 bridgehead atoms. The third-order valence-electron chi connectivity index (χ3n) is 2.50. The van der Waals surface area contributed by atoms with E-state index in [4.69, 9.17) is 23.2 Å². The van der Waals surface area contributed by atoms with Crippen molar-refractivity contribution in [3.63, 3.8) is 0 Å². The molecule has 3 N–H and O–H groups in total. The van der Waals surface area contributed by atoms with Crippen LogP contribution in [0.1, 0.15) is 10.5 Å². The lowest BCUT2D eigenvalue weighted by atomic mass is 10.3. The molecule has 5 nitrogen and oxygen atoms in total. The summed E-state index contributed by atoms with van der Waals surface area (Å²) in [5, 5.41) is 19.1. The number of aliphatic hydroxyl groups is 2. The molecule has 1 fully saturated rings. The van der Waals surface area contributed by atoms with Gasteiger partial charge in [-0.2, -0.15) is 0 Å². The fourth-order valence-corrected chi connectivity index (χ4v) is 1.94. The SMILES string of the molecule is O=C(c1cc(Cl)c(Cl)[nH]1)N1C[C@@H](O)[C@@H](O)C1. The average molecular weight is 265 g/mol. The number of rotatable bonds is 1. The molecule has 2 atom stereocenters. The van der Waals surface area contributed by atoms with Crippen LogP contribution in [-0.2, 0) is 0 Å². The van der Waals surface area contributed by atoms with E-state index >= 15 is 0 Å². The number of nitrogens with zero attached hydrogens (tertiary/aromatic N) is 1. The van der Waals surface area contributed by atoms with Crippen LogP contribution in [-0.4, -0.2) is 51.3 Å². The van der Waals surface area contributed by atoms with Gasteiger partial charge in [-0.1, -0.05) is 23.2 Å². The number of β-amino-alcohol motifs (C(OH)–C–C–N with tert-alkyl or cyclic N) is 2. The molecule has 0 spiro atoms. The van der Waals surface area contributed by atoms with Gasteiger partial charge in [-0.15, -0.1) is 0 Å². The van der Waals surface area contributed by atoms with E-state index in [1.807, 2.05) is 0 Å². The predicted octanol–water partition coefficient (Wildman–Crippen LogP) is 0.499. The van der Waals surface area contributed by atoms with Crippen molar-refractivity contribution in [1.82, 2.24) is 9.88 Å². The molecule has 0 aromatic carbocycles. The van der Waals surface area contributed by atoms with Gasteiger partial charge in [-0.3, -0.25) is 4.79 Å². The fourth-order valence-electron chi connectivity index (χ4n) is 1.62. The Balaban J connectivity index is 2.14. The van der Waals surface area contributed by atoms with Crippen LogP contribution in [0.5, 0.6) is 0 Å². The molecule has 88 valence electrons. The maximum absolute atomic E-state index is 11.9. The van der Waals surface area contributed by atoms with E-state index in [0.29, 0.717) is 0 Å². The van der Waals surface area contributed by atoms with Crippen molar-refractivity contribution >= 4 is 29.1 Å². The molecule has 1 aromatic rings. The van der Waals surface area contributed by atoms with E-state index in [9.17, 15) is 15.0 Å². The highest BCUT2D eigenvalue weighted by Gasteiger charge is 2.33. The third-order valence-corrected chi connectivity index (χ3v) is 3.19. The van der Waals surface area contributed by atoms with Crippen LogP contribution in [0.25, 0.3) is 0 Å². The average Bonchev–Trinajstić information content (AvgIpc) is 2.72. The monoisotopic (exact) mass is 264 g/mol. The first kappa shape index (κ1) is 11.7. The molecule has 1 amide bonds. The molecule has 1 saturated heterocycles. The summed E-state index contributed by atoms with van der Waals surface area (Å²) in [7, 11) is 0. The molecule has 0 aliphatic carbocycles. The molecule has 0 radical (unpaired) electrons. The van der Waals surface area contributed by atoms with Crippen molar-refractivity contribution in [3.05, 3.63) is 21.9 Å². The van der Waals surface area contributed by atoms with Gasteiger partial charge in [-0.25, -0.2) is 0 Å². The summed E-state index contributed by atoms with van der Waals surface area (Å²) in [4.78, 5) is 15.8. The number of H-pyrrole nitrogens is 1. The van der Waals surface area contributed by atoms with Crippen LogP contribution < -0.4 is 0 Å². The minimum Gasteiger partial charge on any atom is -0.388 e. The topological polar surface area (TPSA) is 76.6 Å². The summed E-state index contributed by atoms with van der Waals surface area (Å²) in [6.45, 7) is 0.211. The van der Waals surface area contributed by atoms with Crippen LogP contribution >= 0.6 is 23.2 Å².